The smallest absolute Gasteiger partial charge is 0.138 e. The van der Waals surface area contributed by atoms with Gasteiger partial charge in [0.05, 0.1) is 3.57 Å². The van der Waals surface area contributed by atoms with Gasteiger partial charge in [0.15, 0.2) is 0 Å². The molecule has 0 spiro atoms. The molecule has 1 aromatic carbocycles. The van der Waals surface area contributed by atoms with Crippen LogP contribution in [0, 0.1) is 9.39 Å². The molecule has 1 rings (SSSR count). The zero-order valence-corrected chi connectivity index (χ0v) is 10.00. The monoisotopic (exact) mass is 378 g/mol. The van der Waals surface area contributed by atoms with Crippen molar-refractivity contribution in [2.24, 2.45) is 0 Å². The van der Waals surface area contributed by atoms with Gasteiger partial charge in [-0.1, -0.05) is 15.9 Å². The molecule has 0 aliphatic heterocycles. The zero-order valence-electron chi connectivity index (χ0n) is 4.67. The number of halogens is 4. The average Bonchev–Trinajstić information content (AvgIpc) is 1.82. The molecular weight excluding hydrogens is 378 g/mol. The molecule has 0 N–H and O–H groups in total. The predicted octanol–water partition coefficient (Wildman–Crippen LogP) is 3.96. The van der Waals surface area contributed by atoms with Gasteiger partial charge in [-0.2, -0.15) is 0 Å². The van der Waals surface area contributed by atoms with Crippen LogP contribution in [0.1, 0.15) is 0 Å². The highest BCUT2D eigenvalue weighted by Gasteiger charge is 2.03. The lowest BCUT2D eigenvalue weighted by molar-refractivity contribution is 0.618. The van der Waals surface area contributed by atoms with Gasteiger partial charge >= 0.3 is 0 Å². The molecular formula is C6H2Br2FI. The van der Waals surface area contributed by atoms with Crippen molar-refractivity contribution < 1.29 is 4.39 Å². The maximum Gasteiger partial charge on any atom is 0.138 e. The van der Waals surface area contributed by atoms with Gasteiger partial charge in [0, 0.05) is 8.95 Å². The first-order valence-electron chi connectivity index (χ1n) is 2.41. The second-order valence-electron chi connectivity index (χ2n) is 1.68. The van der Waals surface area contributed by atoms with Crippen LogP contribution < -0.4 is 0 Å². The molecule has 0 unspecified atom stereocenters. The number of hydrogen-bond donors (Lipinski definition) is 0. The number of rotatable bonds is 0. The normalized spacial score (nSPS) is 10.0. The highest BCUT2D eigenvalue weighted by atomic mass is 127. The first-order chi connectivity index (χ1) is 4.61. The molecule has 0 fully saturated rings. The first-order valence-corrected chi connectivity index (χ1v) is 5.08. The number of benzene rings is 1. The van der Waals surface area contributed by atoms with Gasteiger partial charge in [-0.25, -0.2) is 4.39 Å². The fourth-order valence-electron chi connectivity index (χ4n) is 0.525. The van der Waals surface area contributed by atoms with Crippen molar-refractivity contribution in [3.8, 4) is 0 Å². The van der Waals surface area contributed by atoms with Crippen molar-refractivity contribution in [3.63, 3.8) is 0 Å². The Morgan fingerprint density at radius 1 is 1.30 bits per heavy atom. The Kier molecular flexibility index (Phi) is 3.12. The highest BCUT2D eigenvalue weighted by Crippen LogP contribution is 2.25. The topological polar surface area (TPSA) is 0 Å². The van der Waals surface area contributed by atoms with Crippen LogP contribution in [0.3, 0.4) is 0 Å². The molecule has 0 radical (unpaired) electrons. The van der Waals surface area contributed by atoms with Gasteiger partial charge < -0.3 is 0 Å². The minimum Gasteiger partial charge on any atom is -0.206 e. The van der Waals surface area contributed by atoms with E-state index >= 15 is 0 Å². The number of hydrogen-bond acceptors (Lipinski definition) is 0. The third-order valence-corrected chi connectivity index (χ3v) is 3.87. The molecule has 0 aromatic heterocycles. The van der Waals surface area contributed by atoms with E-state index in [2.05, 4.69) is 31.9 Å². The summed E-state index contributed by atoms with van der Waals surface area (Å²) in [7, 11) is 0. The molecule has 10 heavy (non-hydrogen) atoms. The van der Waals surface area contributed by atoms with Gasteiger partial charge in [0.2, 0.25) is 0 Å². The lowest BCUT2D eigenvalue weighted by atomic mass is 10.4. The van der Waals surface area contributed by atoms with E-state index in [1.165, 1.54) is 6.07 Å². The molecule has 0 bridgehead atoms. The molecule has 0 nitrogen and oxygen atoms in total. The Hall–Kier alpha value is 0.840. The largest absolute Gasteiger partial charge is 0.206 e. The Bertz CT molecular complexity index is 239. The van der Waals surface area contributed by atoms with Gasteiger partial charge in [-0.05, 0) is 50.7 Å². The van der Waals surface area contributed by atoms with E-state index in [0.717, 1.165) is 8.95 Å². The molecule has 0 saturated heterocycles. The maximum atomic E-state index is 12.8. The van der Waals surface area contributed by atoms with Crippen LogP contribution in [0.4, 0.5) is 4.39 Å². The summed E-state index contributed by atoms with van der Waals surface area (Å²) in [6.07, 6.45) is 0. The summed E-state index contributed by atoms with van der Waals surface area (Å²) in [5.74, 6) is -0.207. The molecule has 0 saturated carbocycles. The lowest BCUT2D eigenvalue weighted by Crippen LogP contribution is -1.82. The van der Waals surface area contributed by atoms with E-state index in [1.807, 2.05) is 28.7 Å². The molecule has 0 aliphatic rings. The summed E-state index contributed by atoms with van der Waals surface area (Å²) in [5, 5.41) is 0. The van der Waals surface area contributed by atoms with Crippen LogP contribution in [0.15, 0.2) is 21.1 Å². The lowest BCUT2D eigenvalue weighted by Gasteiger charge is -1.97. The van der Waals surface area contributed by atoms with Crippen molar-refractivity contribution >= 4 is 54.5 Å². The maximum absolute atomic E-state index is 12.8. The van der Waals surface area contributed by atoms with Gasteiger partial charge in [-0.15, -0.1) is 0 Å². The van der Waals surface area contributed by atoms with E-state index in [9.17, 15) is 4.39 Å². The second-order valence-corrected chi connectivity index (χ2v) is 4.53. The standard InChI is InChI=1S/C6H2Br2FI/c7-3-1-4(8)6(10)5(9)2-3/h1-2H. The molecule has 54 valence electrons. The Labute approximate surface area is 88.6 Å². The molecule has 0 aliphatic carbocycles. The third-order valence-electron chi connectivity index (χ3n) is 0.949. The van der Waals surface area contributed by atoms with Crippen molar-refractivity contribution in [1.29, 1.82) is 0 Å². The van der Waals surface area contributed by atoms with E-state index in [0.29, 0.717) is 3.57 Å². The van der Waals surface area contributed by atoms with Crippen LogP contribution >= 0.6 is 54.5 Å². The molecule has 1 aromatic rings. The second kappa shape index (κ2) is 3.49. The molecule has 0 amide bonds. The van der Waals surface area contributed by atoms with E-state index in [1.54, 1.807) is 0 Å². The van der Waals surface area contributed by atoms with Crippen molar-refractivity contribution in [2.75, 3.05) is 0 Å². The Morgan fingerprint density at radius 3 is 2.40 bits per heavy atom. The van der Waals surface area contributed by atoms with Crippen LogP contribution in [0.25, 0.3) is 0 Å². The van der Waals surface area contributed by atoms with Crippen LogP contribution in [-0.4, -0.2) is 0 Å². The van der Waals surface area contributed by atoms with Crippen LogP contribution in [0.5, 0.6) is 0 Å². The minimum absolute atomic E-state index is 0.207. The van der Waals surface area contributed by atoms with Gasteiger partial charge in [0.1, 0.15) is 5.82 Å². The quantitative estimate of drug-likeness (QED) is 0.364. The highest BCUT2D eigenvalue weighted by molar-refractivity contribution is 14.1. The zero-order chi connectivity index (χ0) is 7.72. The van der Waals surface area contributed by atoms with E-state index in [4.69, 9.17) is 0 Å². The van der Waals surface area contributed by atoms with Gasteiger partial charge in [0.25, 0.3) is 0 Å². The minimum atomic E-state index is -0.207. The predicted molar refractivity (Wildman–Crippen MR) is 54.5 cm³/mol. The van der Waals surface area contributed by atoms with E-state index in [-0.39, 0.29) is 5.82 Å². The summed E-state index contributed by atoms with van der Waals surface area (Å²) >= 11 is 8.34. The molecule has 4 heteroatoms. The summed E-state index contributed by atoms with van der Waals surface area (Å²) in [6, 6.07) is 3.25. The van der Waals surface area contributed by atoms with E-state index < -0.39 is 0 Å². The van der Waals surface area contributed by atoms with Crippen molar-refractivity contribution in [3.05, 3.63) is 30.5 Å². The van der Waals surface area contributed by atoms with Crippen molar-refractivity contribution in [2.45, 2.75) is 0 Å². The summed E-state index contributed by atoms with van der Waals surface area (Å²) in [4.78, 5) is 0. The van der Waals surface area contributed by atoms with Crippen LogP contribution in [0.2, 0.25) is 0 Å². The fraction of sp³-hybridized carbons (Fsp3) is 0. The summed E-state index contributed by atoms with van der Waals surface area (Å²) in [5.41, 5.74) is 0. The Balaban J connectivity index is 3.31. The van der Waals surface area contributed by atoms with Crippen molar-refractivity contribution in [1.82, 2.24) is 0 Å². The Morgan fingerprint density at radius 2 is 1.90 bits per heavy atom. The summed E-state index contributed by atoms with van der Waals surface area (Å²) in [6.45, 7) is 0. The summed E-state index contributed by atoms with van der Waals surface area (Å²) < 4.78 is 14.9. The first kappa shape index (κ1) is 8.93. The fourth-order valence-corrected chi connectivity index (χ4v) is 2.01. The molecule has 0 atom stereocenters. The third kappa shape index (κ3) is 1.92. The molecule has 0 heterocycles. The SMILES string of the molecule is Fc1cc(Br)cc(Br)c1I. The van der Waals surface area contributed by atoms with Gasteiger partial charge in [-0.3, -0.25) is 0 Å². The van der Waals surface area contributed by atoms with Crippen LogP contribution in [-0.2, 0) is 0 Å². The average molecular weight is 380 g/mol.